The molecule has 1 saturated heterocycles. The van der Waals surface area contributed by atoms with Crippen LogP contribution < -0.4 is 0 Å². The van der Waals surface area contributed by atoms with Gasteiger partial charge in [-0.2, -0.15) is 0 Å². The standard InChI is InChI=1S/C29H33F3O2/c1-33-23-12-8-20(9-13-23)24-14-10-21(28(31)29(24)32)7-4-18-2-5-19(6-3-18)22-11-15-25(26(30)16-22)27-17-34-27/h4,7,10-11,14-16,18-20,23,27H,2-3,5-6,8-9,12-13,17H2,1H3/b7-4+. The van der Waals surface area contributed by atoms with E-state index in [4.69, 9.17) is 9.47 Å². The van der Waals surface area contributed by atoms with Crippen LogP contribution in [0.4, 0.5) is 13.2 Å². The van der Waals surface area contributed by atoms with E-state index in [9.17, 15) is 13.2 Å². The molecule has 2 aromatic carbocycles. The monoisotopic (exact) mass is 470 g/mol. The van der Waals surface area contributed by atoms with Gasteiger partial charge in [-0.15, -0.1) is 0 Å². The number of halogens is 3. The fraction of sp³-hybridized carbons (Fsp3) is 0.517. The molecule has 1 unspecified atom stereocenters. The fourth-order valence-corrected chi connectivity index (χ4v) is 5.80. The highest BCUT2D eigenvalue weighted by atomic mass is 19.2. The third kappa shape index (κ3) is 5.11. The van der Waals surface area contributed by atoms with Gasteiger partial charge in [0.2, 0.25) is 0 Å². The first-order chi connectivity index (χ1) is 16.5. The Morgan fingerprint density at radius 2 is 1.50 bits per heavy atom. The lowest BCUT2D eigenvalue weighted by molar-refractivity contribution is 0.0655. The van der Waals surface area contributed by atoms with Crippen LogP contribution in [0.15, 0.2) is 36.4 Å². The van der Waals surface area contributed by atoms with Crippen molar-refractivity contribution in [3.05, 3.63) is 76.1 Å². The summed E-state index contributed by atoms with van der Waals surface area (Å²) in [6.07, 6.45) is 11.2. The van der Waals surface area contributed by atoms with Crippen LogP contribution in [0.25, 0.3) is 6.08 Å². The Kier molecular flexibility index (Phi) is 7.12. The second-order valence-electron chi connectivity index (χ2n) is 10.2. The summed E-state index contributed by atoms with van der Waals surface area (Å²) >= 11 is 0. The van der Waals surface area contributed by atoms with E-state index in [-0.39, 0.29) is 23.9 Å². The summed E-state index contributed by atoms with van der Waals surface area (Å²) in [5.74, 6) is -0.887. The van der Waals surface area contributed by atoms with Gasteiger partial charge < -0.3 is 9.47 Å². The summed E-state index contributed by atoms with van der Waals surface area (Å²) < 4.78 is 54.7. The average Bonchev–Trinajstić information content (AvgIpc) is 3.71. The Balaban J connectivity index is 1.18. The van der Waals surface area contributed by atoms with Crippen LogP contribution in [-0.4, -0.2) is 19.8 Å². The van der Waals surface area contributed by atoms with Crippen molar-refractivity contribution < 1.29 is 22.6 Å². The predicted molar refractivity (Wildman–Crippen MR) is 127 cm³/mol. The van der Waals surface area contributed by atoms with Crippen molar-refractivity contribution in [3.8, 4) is 0 Å². The summed E-state index contributed by atoms with van der Waals surface area (Å²) in [4.78, 5) is 0. The van der Waals surface area contributed by atoms with Gasteiger partial charge in [-0.05, 0) is 86.3 Å². The molecule has 5 heteroatoms. The van der Waals surface area contributed by atoms with Gasteiger partial charge in [-0.1, -0.05) is 36.4 Å². The smallest absolute Gasteiger partial charge is 0.166 e. The maximum Gasteiger partial charge on any atom is 0.166 e. The number of allylic oxidation sites excluding steroid dienone is 1. The molecule has 2 aliphatic carbocycles. The van der Waals surface area contributed by atoms with Crippen molar-refractivity contribution in [2.75, 3.05) is 13.7 Å². The maximum atomic E-state index is 14.9. The molecule has 0 N–H and O–H groups in total. The van der Waals surface area contributed by atoms with Gasteiger partial charge in [-0.3, -0.25) is 0 Å². The Labute approximate surface area is 200 Å². The Hall–Kier alpha value is -2.11. The minimum Gasteiger partial charge on any atom is -0.381 e. The van der Waals surface area contributed by atoms with Gasteiger partial charge in [0.05, 0.1) is 12.7 Å². The van der Waals surface area contributed by atoms with Gasteiger partial charge in [0.25, 0.3) is 0 Å². The quantitative estimate of drug-likeness (QED) is 0.401. The lowest BCUT2D eigenvalue weighted by atomic mass is 9.78. The van der Waals surface area contributed by atoms with Crippen LogP contribution in [0.5, 0.6) is 0 Å². The molecule has 0 spiro atoms. The van der Waals surface area contributed by atoms with E-state index in [1.54, 1.807) is 31.4 Å². The molecule has 34 heavy (non-hydrogen) atoms. The molecule has 0 radical (unpaired) electrons. The van der Waals surface area contributed by atoms with Gasteiger partial charge >= 0.3 is 0 Å². The van der Waals surface area contributed by atoms with Crippen molar-refractivity contribution in [2.24, 2.45) is 5.92 Å². The zero-order valence-corrected chi connectivity index (χ0v) is 19.7. The predicted octanol–water partition coefficient (Wildman–Crippen LogP) is 7.84. The Morgan fingerprint density at radius 1 is 0.824 bits per heavy atom. The van der Waals surface area contributed by atoms with Crippen molar-refractivity contribution in [1.29, 1.82) is 0 Å². The fourth-order valence-electron chi connectivity index (χ4n) is 5.80. The third-order valence-electron chi connectivity index (χ3n) is 8.09. The van der Waals surface area contributed by atoms with Crippen LogP contribution in [0.2, 0.25) is 0 Å². The Morgan fingerprint density at radius 3 is 2.15 bits per heavy atom. The van der Waals surface area contributed by atoms with E-state index in [0.717, 1.165) is 56.9 Å². The summed E-state index contributed by atoms with van der Waals surface area (Å²) in [7, 11) is 1.71. The highest BCUT2D eigenvalue weighted by Gasteiger charge is 2.29. The van der Waals surface area contributed by atoms with Gasteiger partial charge in [0, 0.05) is 18.2 Å². The molecule has 3 fully saturated rings. The molecule has 2 saturated carbocycles. The maximum absolute atomic E-state index is 14.9. The largest absolute Gasteiger partial charge is 0.381 e. The number of hydrogen-bond acceptors (Lipinski definition) is 2. The highest BCUT2D eigenvalue weighted by Crippen LogP contribution is 2.40. The molecule has 182 valence electrons. The molecule has 1 atom stereocenters. The van der Waals surface area contributed by atoms with Crippen molar-refractivity contribution >= 4 is 6.08 Å². The lowest BCUT2D eigenvalue weighted by Crippen LogP contribution is -2.20. The van der Waals surface area contributed by atoms with E-state index in [0.29, 0.717) is 35.1 Å². The van der Waals surface area contributed by atoms with Crippen molar-refractivity contribution in [1.82, 2.24) is 0 Å². The zero-order chi connectivity index (χ0) is 23.7. The number of epoxide rings is 1. The second-order valence-corrected chi connectivity index (χ2v) is 10.2. The van der Waals surface area contributed by atoms with Crippen LogP contribution in [0.3, 0.4) is 0 Å². The number of methoxy groups -OCH3 is 1. The number of ether oxygens (including phenoxy) is 2. The van der Waals surface area contributed by atoms with Gasteiger partial charge in [0.15, 0.2) is 11.6 Å². The molecule has 0 aromatic heterocycles. The zero-order valence-electron chi connectivity index (χ0n) is 19.7. The first kappa shape index (κ1) is 23.6. The topological polar surface area (TPSA) is 21.8 Å². The molecule has 1 aliphatic heterocycles. The molecule has 2 aromatic rings. The SMILES string of the molecule is COC1CCC(c2ccc(/C=C/C3CCC(c4ccc(C5CO5)c(F)c4)CC3)c(F)c2F)CC1. The second kappa shape index (κ2) is 10.2. The minimum absolute atomic E-state index is 0.0601. The summed E-state index contributed by atoms with van der Waals surface area (Å²) in [6, 6.07) is 9.03. The normalized spacial score (nSPS) is 29.5. The van der Waals surface area contributed by atoms with Gasteiger partial charge in [-0.25, -0.2) is 13.2 Å². The summed E-state index contributed by atoms with van der Waals surface area (Å²) in [6.45, 7) is 0.607. The molecule has 3 aliphatic rings. The highest BCUT2D eigenvalue weighted by molar-refractivity contribution is 5.52. The molecular formula is C29H33F3O2. The van der Waals surface area contributed by atoms with E-state index in [1.807, 2.05) is 18.2 Å². The van der Waals surface area contributed by atoms with Crippen LogP contribution in [0.1, 0.15) is 91.6 Å². The van der Waals surface area contributed by atoms with Crippen molar-refractivity contribution in [2.45, 2.75) is 75.4 Å². The molecule has 0 amide bonds. The van der Waals surface area contributed by atoms with Crippen LogP contribution in [0, 0.1) is 23.4 Å². The Bertz CT molecular complexity index is 1030. The number of hydrogen-bond donors (Lipinski definition) is 0. The first-order valence-electron chi connectivity index (χ1n) is 12.6. The molecular weight excluding hydrogens is 437 g/mol. The number of rotatable bonds is 6. The molecule has 5 rings (SSSR count). The van der Waals surface area contributed by atoms with E-state index in [2.05, 4.69) is 0 Å². The minimum atomic E-state index is -0.744. The molecule has 0 bridgehead atoms. The average molecular weight is 471 g/mol. The lowest BCUT2D eigenvalue weighted by Gasteiger charge is -2.28. The number of benzene rings is 2. The van der Waals surface area contributed by atoms with Crippen molar-refractivity contribution in [3.63, 3.8) is 0 Å². The first-order valence-corrected chi connectivity index (χ1v) is 12.6. The summed E-state index contributed by atoms with van der Waals surface area (Å²) in [5.41, 5.74) is 2.51. The molecule has 2 nitrogen and oxygen atoms in total. The third-order valence-corrected chi connectivity index (χ3v) is 8.09. The van der Waals surface area contributed by atoms with Crippen LogP contribution >= 0.6 is 0 Å². The summed E-state index contributed by atoms with van der Waals surface area (Å²) in [5, 5.41) is 0. The molecule has 1 heterocycles. The van der Waals surface area contributed by atoms with E-state index >= 15 is 0 Å². The van der Waals surface area contributed by atoms with Crippen LogP contribution in [-0.2, 0) is 9.47 Å². The van der Waals surface area contributed by atoms with E-state index in [1.165, 1.54) is 0 Å². The van der Waals surface area contributed by atoms with Gasteiger partial charge in [0.1, 0.15) is 11.9 Å². The van der Waals surface area contributed by atoms with E-state index < -0.39 is 11.6 Å².